The molecule has 0 aliphatic carbocycles. The fourth-order valence-electron chi connectivity index (χ4n) is 2.65. The van der Waals surface area contributed by atoms with Gasteiger partial charge in [0.15, 0.2) is 0 Å². The topological polar surface area (TPSA) is 65.0 Å². The van der Waals surface area contributed by atoms with E-state index in [1.54, 1.807) is 6.92 Å². The van der Waals surface area contributed by atoms with Gasteiger partial charge in [-0.1, -0.05) is 48.1 Å². The number of carbonyl (C=O) groups is 1. The molecule has 0 heterocycles. The van der Waals surface area contributed by atoms with Crippen LogP contribution in [-0.4, -0.2) is 37.5 Å². The summed E-state index contributed by atoms with van der Waals surface area (Å²) in [5, 5.41) is 10.7. The highest BCUT2D eigenvalue weighted by molar-refractivity contribution is 5.86. The van der Waals surface area contributed by atoms with Crippen molar-refractivity contribution in [3.8, 4) is 5.75 Å². The summed E-state index contributed by atoms with van der Waals surface area (Å²) in [6.45, 7) is 19.5. The molecule has 5 nitrogen and oxygen atoms in total. The van der Waals surface area contributed by atoms with E-state index in [9.17, 15) is 9.90 Å². The van der Waals surface area contributed by atoms with Crippen molar-refractivity contribution in [2.24, 2.45) is 0 Å². The van der Waals surface area contributed by atoms with Crippen LogP contribution in [0.15, 0.2) is 24.3 Å². The SMILES string of the molecule is C=C(C)C(=O)OCCOCCOCc1cc(C(C)(C)C)c(O)c(C(C)(C)C)c1. The standard InChI is InChI=1S/C23H36O5/c1-16(2)21(25)28-12-11-26-9-10-27-15-17-13-18(22(3,4)5)20(24)19(14-17)23(6,7)8/h13-14,24H,1,9-12,15H2,2-8H3. The van der Waals surface area contributed by atoms with Crippen LogP contribution in [0.3, 0.4) is 0 Å². The molecule has 0 bridgehead atoms. The number of phenolic OH excluding ortho intramolecular Hbond substituents is 1. The van der Waals surface area contributed by atoms with Crippen molar-refractivity contribution in [3.05, 3.63) is 41.0 Å². The van der Waals surface area contributed by atoms with Gasteiger partial charge in [-0.25, -0.2) is 4.79 Å². The number of aromatic hydroxyl groups is 1. The van der Waals surface area contributed by atoms with Gasteiger partial charge in [0.05, 0.1) is 26.4 Å². The average molecular weight is 393 g/mol. The normalized spacial score (nSPS) is 12.1. The summed E-state index contributed by atoms with van der Waals surface area (Å²) in [5.41, 5.74) is 2.93. The maximum Gasteiger partial charge on any atom is 0.333 e. The number of carbonyl (C=O) groups excluding carboxylic acids is 1. The molecule has 0 unspecified atom stereocenters. The van der Waals surface area contributed by atoms with Crippen LogP contribution in [0.1, 0.15) is 65.2 Å². The Hall–Kier alpha value is -1.85. The van der Waals surface area contributed by atoms with Gasteiger partial charge in [0.25, 0.3) is 0 Å². The van der Waals surface area contributed by atoms with Crippen molar-refractivity contribution in [1.29, 1.82) is 0 Å². The van der Waals surface area contributed by atoms with Crippen molar-refractivity contribution in [3.63, 3.8) is 0 Å². The summed E-state index contributed by atoms with van der Waals surface area (Å²) in [7, 11) is 0. The molecule has 0 spiro atoms. The van der Waals surface area contributed by atoms with Gasteiger partial charge in [-0.2, -0.15) is 0 Å². The maximum absolute atomic E-state index is 11.2. The number of benzene rings is 1. The molecule has 0 atom stereocenters. The molecule has 0 saturated heterocycles. The number of esters is 1. The van der Waals surface area contributed by atoms with E-state index in [2.05, 4.69) is 48.1 Å². The Kier molecular flexibility index (Phi) is 8.71. The molecule has 0 fully saturated rings. The van der Waals surface area contributed by atoms with Gasteiger partial charge < -0.3 is 19.3 Å². The van der Waals surface area contributed by atoms with Crippen molar-refractivity contribution in [2.45, 2.75) is 65.9 Å². The van der Waals surface area contributed by atoms with Crippen molar-refractivity contribution < 1.29 is 24.1 Å². The summed E-state index contributed by atoms with van der Waals surface area (Å²) in [6.07, 6.45) is 0. The van der Waals surface area contributed by atoms with Crippen LogP contribution in [0.25, 0.3) is 0 Å². The first-order valence-electron chi connectivity index (χ1n) is 9.69. The van der Waals surface area contributed by atoms with Gasteiger partial charge in [0, 0.05) is 5.57 Å². The van der Waals surface area contributed by atoms with E-state index in [0.717, 1.165) is 16.7 Å². The Labute approximate surface area is 169 Å². The first-order chi connectivity index (χ1) is 12.8. The van der Waals surface area contributed by atoms with Crippen LogP contribution in [0.5, 0.6) is 5.75 Å². The zero-order chi connectivity index (χ0) is 21.5. The Morgan fingerprint density at radius 1 is 0.929 bits per heavy atom. The summed E-state index contributed by atoms with van der Waals surface area (Å²) >= 11 is 0. The predicted octanol–water partition coefficient (Wildman–Crippen LogP) is 4.64. The fourth-order valence-corrected chi connectivity index (χ4v) is 2.65. The van der Waals surface area contributed by atoms with Crippen molar-refractivity contribution >= 4 is 5.97 Å². The molecular formula is C23H36O5. The summed E-state index contributed by atoms with van der Waals surface area (Å²) < 4.78 is 16.1. The smallest absolute Gasteiger partial charge is 0.333 e. The van der Waals surface area contributed by atoms with Gasteiger partial charge in [0.1, 0.15) is 12.4 Å². The molecule has 0 aliphatic rings. The second-order valence-electron chi connectivity index (χ2n) is 9.12. The molecule has 0 aliphatic heterocycles. The van der Waals surface area contributed by atoms with Crippen LogP contribution >= 0.6 is 0 Å². The van der Waals surface area contributed by atoms with Gasteiger partial charge in [-0.05, 0) is 46.6 Å². The molecule has 158 valence electrons. The van der Waals surface area contributed by atoms with Gasteiger partial charge in [0.2, 0.25) is 0 Å². The highest BCUT2D eigenvalue weighted by atomic mass is 16.6. The fraction of sp³-hybridized carbons (Fsp3) is 0.609. The monoisotopic (exact) mass is 392 g/mol. The Morgan fingerprint density at radius 2 is 1.39 bits per heavy atom. The molecule has 5 heteroatoms. The molecule has 1 N–H and O–H groups in total. The molecule has 0 aromatic heterocycles. The van der Waals surface area contributed by atoms with Crippen LogP contribution in [-0.2, 0) is 36.4 Å². The minimum Gasteiger partial charge on any atom is -0.507 e. The molecule has 1 aromatic rings. The number of hydrogen-bond acceptors (Lipinski definition) is 5. The lowest BCUT2D eigenvalue weighted by molar-refractivity contribution is -0.140. The predicted molar refractivity (Wildman–Crippen MR) is 112 cm³/mol. The molecule has 0 amide bonds. The second kappa shape index (κ2) is 10.1. The zero-order valence-corrected chi connectivity index (χ0v) is 18.5. The van der Waals surface area contributed by atoms with E-state index in [4.69, 9.17) is 14.2 Å². The molecule has 1 aromatic carbocycles. The molecule has 1 rings (SSSR count). The Bertz CT molecular complexity index is 642. The summed E-state index contributed by atoms with van der Waals surface area (Å²) in [5.74, 6) is -0.0344. The van der Waals surface area contributed by atoms with Gasteiger partial charge in [-0.3, -0.25) is 0 Å². The van der Waals surface area contributed by atoms with Gasteiger partial charge >= 0.3 is 5.97 Å². The third-order valence-electron chi connectivity index (χ3n) is 4.24. The number of rotatable bonds is 9. The van der Waals surface area contributed by atoms with Crippen molar-refractivity contribution in [2.75, 3.05) is 26.4 Å². The van der Waals surface area contributed by atoms with E-state index in [-0.39, 0.29) is 17.4 Å². The average Bonchev–Trinajstić information content (AvgIpc) is 2.55. The Morgan fingerprint density at radius 3 is 1.86 bits per heavy atom. The second-order valence-corrected chi connectivity index (χ2v) is 9.12. The first kappa shape index (κ1) is 24.2. The van der Waals surface area contributed by atoms with Crippen LogP contribution in [0.2, 0.25) is 0 Å². The quantitative estimate of drug-likeness (QED) is 0.377. The third-order valence-corrected chi connectivity index (χ3v) is 4.24. The van der Waals surface area contributed by atoms with Crippen LogP contribution in [0.4, 0.5) is 0 Å². The highest BCUT2D eigenvalue weighted by Crippen LogP contribution is 2.39. The van der Waals surface area contributed by atoms with E-state index >= 15 is 0 Å². The largest absolute Gasteiger partial charge is 0.507 e. The summed E-state index contributed by atoms with van der Waals surface area (Å²) in [4.78, 5) is 11.2. The minimum absolute atomic E-state index is 0.162. The van der Waals surface area contributed by atoms with E-state index in [0.29, 0.717) is 37.8 Å². The van der Waals surface area contributed by atoms with Gasteiger partial charge in [-0.15, -0.1) is 0 Å². The number of phenols is 1. The molecule has 0 radical (unpaired) electrons. The highest BCUT2D eigenvalue weighted by Gasteiger charge is 2.26. The molecule has 28 heavy (non-hydrogen) atoms. The van der Waals surface area contributed by atoms with Crippen LogP contribution in [0, 0.1) is 0 Å². The van der Waals surface area contributed by atoms with E-state index in [1.807, 2.05) is 12.1 Å². The lowest BCUT2D eigenvalue weighted by atomic mass is 9.78. The number of hydrogen-bond donors (Lipinski definition) is 1. The van der Waals surface area contributed by atoms with E-state index < -0.39 is 5.97 Å². The third kappa shape index (κ3) is 7.64. The van der Waals surface area contributed by atoms with Crippen LogP contribution < -0.4 is 0 Å². The molecule has 0 saturated carbocycles. The number of ether oxygens (including phenoxy) is 3. The zero-order valence-electron chi connectivity index (χ0n) is 18.5. The summed E-state index contributed by atoms with van der Waals surface area (Å²) in [6, 6.07) is 4.03. The minimum atomic E-state index is -0.406. The lowest BCUT2D eigenvalue weighted by Crippen LogP contribution is -2.18. The maximum atomic E-state index is 11.2. The van der Waals surface area contributed by atoms with Crippen molar-refractivity contribution in [1.82, 2.24) is 0 Å². The Balaban J connectivity index is 2.56. The first-order valence-corrected chi connectivity index (χ1v) is 9.69. The molecular weight excluding hydrogens is 356 g/mol. The lowest BCUT2D eigenvalue weighted by Gasteiger charge is -2.28. The van der Waals surface area contributed by atoms with E-state index in [1.165, 1.54) is 0 Å².